The van der Waals surface area contributed by atoms with Crippen LogP contribution in [0.4, 0.5) is 0 Å². The fourth-order valence-electron chi connectivity index (χ4n) is 1.56. The maximum atomic E-state index is 12.0. The largest absolute Gasteiger partial charge is 0.496 e. The lowest BCUT2D eigenvalue weighted by Gasteiger charge is -2.23. The van der Waals surface area contributed by atoms with Crippen LogP contribution in [-0.2, 0) is 9.53 Å². The van der Waals surface area contributed by atoms with E-state index in [1.165, 1.54) is 14.0 Å². The minimum atomic E-state index is -0.869. The Morgan fingerprint density at radius 2 is 1.80 bits per heavy atom. The predicted octanol–water partition coefficient (Wildman–Crippen LogP) is 2.16. The molecule has 1 aromatic carbocycles. The van der Waals surface area contributed by atoms with Gasteiger partial charge in [0.25, 0.3) is 5.91 Å². The van der Waals surface area contributed by atoms with Crippen molar-refractivity contribution in [1.29, 1.82) is 0 Å². The summed E-state index contributed by atoms with van der Waals surface area (Å²) in [6, 6.07) is 6.72. The number of amides is 1. The first-order valence-electron chi connectivity index (χ1n) is 6.40. The van der Waals surface area contributed by atoms with Crippen molar-refractivity contribution >= 4 is 11.9 Å². The zero-order valence-electron chi connectivity index (χ0n) is 12.5. The number of hydrogen-bond acceptors (Lipinski definition) is 4. The lowest BCUT2D eigenvalue weighted by atomic mass is 10.1. The second-order valence-corrected chi connectivity index (χ2v) is 5.49. The Hall–Kier alpha value is -2.04. The van der Waals surface area contributed by atoms with Crippen molar-refractivity contribution in [2.45, 2.75) is 39.3 Å². The number of methoxy groups -OCH3 is 1. The fourth-order valence-corrected chi connectivity index (χ4v) is 1.56. The molecule has 0 heterocycles. The molecule has 5 nitrogen and oxygen atoms in total. The highest BCUT2D eigenvalue weighted by Crippen LogP contribution is 2.18. The van der Waals surface area contributed by atoms with E-state index >= 15 is 0 Å². The summed E-state index contributed by atoms with van der Waals surface area (Å²) in [4.78, 5) is 23.9. The number of benzene rings is 1. The summed E-state index contributed by atoms with van der Waals surface area (Å²) in [6.45, 7) is 7.12. The van der Waals surface area contributed by atoms with Gasteiger partial charge in [-0.1, -0.05) is 12.1 Å². The van der Waals surface area contributed by atoms with Gasteiger partial charge in [0.15, 0.2) is 6.10 Å². The van der Waals surface area contributed by atoms with Gasteiger partial charge in [0.05, 0.1) is 7.11 Å². The summed E-state index contributed by atoms with van der Waals surface area (Å²) in [5.41, 5.74) is -0.0762. The van der Waals surface area contributed by atoms with E-state index in [0.29, 0.717) is 11.3 Å². The van der Waals surface area contributed by atoms with Crippen LogP contribution in [0.3, 0.4) is 0 Å². The van der Waals surface area contributed by atoms with Gasteiger partial charge in [-0.25, -0.2) is 4.79 Å². The van der Waals surface area contributed by atoms with Crippen LogP contribution in [0, 0.1) is 0 Å². The molecule has 1 amide bonds. The van der Waals surface area contributed by atoms with E-state index in [-0.39, 0.29) is 11.4 Å². The first-order valence-corrected chi connectivity index (χ1v) is 6.40. The summed E-state index contributed by atoms with van der Waals surface area (Å²) >= 11 is 0. The minimum Gasteiger partial charge on any atom is -0.496 e. The molecule has 1 rings (SSSR count). The number of rotatable bonds is 4. The van der Waals surface area contributed by atoms with E-state index in [2.05, 4.69) is 5.32 Å². The molecule has 1 atom stereocenters. The van der Waals surface area contributed by atoms with Crippen molar-refractivity contribution in [3.8, 4) is 5.75 Å². The second kappa shape index (κ2) is 6.41. The Kier molecular flexibility index (Phi) is 5.13. The number of para-hydroxylation sites is 1. The normalized spacial score (nSPS) is 12.4. The number of hydrogen-bond donors (Lipinski definition) is 1. The average molecular weight is 279 g/mol. The van der Waals surface area contributed by atoms with Gasteiger partial charge in [-0.05, 0) is 39.8 Å². The first kappa shape index (κ1) is 16.0. The van der Waals surface area contributed by atoms with E-state index in [1.54, 1.807) is 24.3 Å². The summed E-state index contributed by atoms with van der Waals surface area (Å²) in [6.07, 6.45) is -0.869. The quantitative estimate of drug-likeness (QED) is 0.858. The van der Waals surface area contributed by atoms with Gasteiger partial charge in [-0.2, -0.15) is 0 Å². The molecule has 1 N–H and O–H groups in total. The molecule has 20 heavy (non-hydrogen) atoms. The predicted molar refractivity (Wildman–Crippen MR) is 75.8 cm³/mol. The van der Waals surface area contributed by atoms with Gasteiger partial charge in [0, 0.05) is 5.54 Å². The Balaban J connectivity index is 2.73. The van der Waals surface area contributed by atoms with Crippen molar-refractivity contribution in [3.05, 3.63) is 29.8 Å². The maximum Gasteiger partial charge on any atom is 0.342 e. The number of ether oxygens (including phenoxy) is 2. The number of esters is 1. The summed E-state index contributed by atoms with van der Waals surface area (Å²) < 4.78 is 10.2. The molecular formula is C15H21NO4. The standard InChI is InChI=1S/C15H21NO4/c1-10(13(17)16-15(2,3)4)20-14(18)11-8-6-7-9-12(11)19-5/h6-10H,1-5H3,(H,16,17). The Morgan fingerprint density at radius 1 is 1.20 bits per heavy atom. The highest BCUT2D eigenvalue weighted by atomic mass is 16.5. The van der Waals surface area contributed by atoms with Crippen LogP contribution >= 0.6 is 0 Å². The van der Waals surface area contributed by atoms with Gasteiger partial charge in [-0.15, -0.1) is 0 Å². The molecule has 0 aromatic heterocycles. The molecule has 110 valence electrons. The van der Waals surface area contributed by atoms with E-state index in [0.717, 1.165) is 0 Å². The third kappa shape index (κ3) is 4.57. The van der Waals surface area contributed by atoms with Crippen LogP contribution in [0.2, 0.25) is 0 Å². The smallest absolute Gasteiger partial charge is 0.342 e. The van der Waals surface area contributed by atoms with Crippen LogP contribution in [0.25, 0.3) is 0 Å². The number of nitrogens with one attached hydrogen (secondary N) is 1. The van der Waals surface area contributed by atoms with Gasteiger partial charge >= 0.3 is 5.97 Å². The minimum absolute atomic E-state index is 0.297. The summed E-state index contributed by atoms with van der Waals surface area (Å²) in [5.74, 6) is -0.499. The van der Waals surface area contributed by atoms with Crippen LogP contribution in [0.1, 0.15) is 38.1 Å². The van der Waals surface area contributed by atoms with Crippen LogP contribution in [0.15, 0.2) is 24.3 Å². The zero-order chi connectivity index (χ0) is 15.3. The molecule has 0 aliphatic heterocycles. The average Bonchev–Trinajstić information content (AvgIpc) is 2.36. The molecule has 0 spiro atoms. The molecule has 0 saturated carbocycles. The van der Waals surface area contributed by atoms with Crippen LogP contribution in [0.5, 0.6) is 5.75 Å². The molecule has 0 fully saturated rings. The van der Waals surface area contributed by atoms with Gasteiger partial charge < -0.3 is 14.8 Å². The second-order valence-electron chi connectivity index (χ2n) is 5.49. The fraction of sp³-hybridized carbons (Fsp3) is 0.467. The summed E-state index contributed by atoms with van der Waals surface area (Å²) in [7, 11) is 1.47. The van der Waals surface area contributed by atoms with Gasteiger partial charge in [0.1, 0.15) is 11.3 Å². The molecule has 0 saturated heterocycles. The number of carbonyl (C=O) groups is 2. The molecular weight excluding hydrogens is 258 g/mol. The van der Waals surface area contributed by atoms with E-state index in [4.69, 9.17) is 9.47 Å². The molecule has 1 unspecified atom stereocenters. The Morgan fingerprint density at radius 3 is 2.35 bits per heavy atom. The zero-order valence-corrected chi connectivity index (χ0v) is 12.5. The molecule has 0 radical (unpaired) electrons. The van der Waals surface area contributed by atoms with E-state index in [9.17, 15) is 9.59 Å². The van der Waals surface area contributed by atoms with Crippen molar-refractivity contribution < 1.29 is 19.1 Å². The highest BCUT2D eigenvalue weighted by molar-refractivity contribution is 5.94. The summed E-state index contributed by atoms with van der Waals surface area (Å²) in [5, 5.41) is 2.76. The van der Waals surface area contributed by atoms with Crippen molar-refractivity contribution in [2.75, 3.05) is 7.11 Å². The topological polar surface area (TPSA) is 64.6 Å². The van der Waals surface area contributed by atoms with Crippen molar-refractivity contribution in [3.63, 3.8) is 0 Å². The van der Waals surface area contributed by atoms with Crippen molar-refractivity contribution in [1.82, 2.24) is 5.32 Å². The van der Waals surface area contributed by atoms with Gasteiger partial charge in [-0.3, -0.25) is 4.79 Å². The van der Waals surface area contributed by atoms with E-state index < -0.39 is 12.1 Å². The molecule has 5 heteroatoms. The molecule has 0 bridgehead atoms. The monoisotopic (exact) mass is 279 g/mol. The lowest BCUT2D eigenvalue weighted by Crippen LogP contribution is -2.46. The number of carbonyl (C=O) groups excluding carboxylic acids is 2. The maximum absolute atomic E-state index is 12.0. The van der Waals surface area contributed by atoms with E-state index in [1.807, 2.05) is 20.8 Å². The first-order chi connectivity index (χ1) is 9.24. The SMILES string of the molecule is COc1ccccc1C(=O)OC(C)C(=O)NC(C)(C)C. The molecule has 1 aromatic rings. The van der Waals surface area contributed by atoms with Crippen LogP contribution < -0.4 is 10.1 Å². The lowest BCUT2D eigenvalue weighted by molar-refractivity contribution is -0.130. The third-order valence-corrected chi connectivity index (χ3v) is 2.48. The Labute approximate surface area is 119 Å². The van der Waals surface area contributed by atoms with Crippen LogP contribution in [-0.4, -0.2) is 30.6 Å². The highest BCUT2D eigenvalue weighted by Gasteiger charge is 2.24. The molecule has 0 aliphatic carbocycles. The Bertz CT molecular complexity index is 491. The van der Waals surface area contributed by atoms with Crippen molar-refractivity contribution in [2.24, 2.45) is 0 Å². The third-order valence-electron chi connectivity index (χ3n) is 2.48. The van der Waals surface area contributed by atoms with Gasteiger partial charge in [0.2, 0.25) is 0 Å². The molecule has 0 aliphatic rings.